The highest BCUT2D eigenvalue weighted by atomic mass is 127. The molecule has 2 heterocycles. The molecule has 1 unspecified atom stereocenters. The number of oxime groups is 1. The van der Waals surface area contributed by atoms with E-state index in [2.05, 4.69) is 5.16 Å². The number of hydrogen-bond acceptors (Lipinski definition) is 6. The molecule has 5 nitrogen and oxygen atoms in total. The van der Waals surface area contributed by atoms with Crippen molar-refractivity contribution in [1.29, 1.82) is 0 Å². The van der Waals surface area contributed by atoms with Crippen LogP contribution in [0.5, 0.6) is 11.5 Å². The number of methoxy groups -OCH3 is 2. The molecule has 1 aliphatic heterocycles. The van der Waals surface area contributed by atoms with E-state index in [0.29, 0.717) is 24.6 Å². The van der Waals surface area contributed by atoms with Gasteiger partial charge in [-0.15, -0.1) is 11.3 Å². The second-order valence-electron chi connectivity index (χ2n) is 7.78. The molecule has 10 heteroatoms. The van der Waals surface area contributed by atoms with Gasteiger partial charge in [0, 0.05) is 22.0 Å². The first-order valence-corrected chi connectivity index (χ1v) is 12.3. The van der Waals surface area contributed by atoms with E-state index in [4.69, 9.17) is 14.3 Å². The second-order valence-corrected chi connectivity index (χ2v) is 9.94. The Labute approximate surface area is 213 Å². The zero-order valence-electron chi connectivity index (χ0n) is 18.4. The molecule has 4 rings (SSSR count). The second kappa shape index (κ2) is 10.0. The predicted octanol–water partition coefficient (Wildman–Crippen LogP) is 6.56. The van der Waals surface area contributed by atoms with Crippen LogP contribution >= 0.6 is 33.9 Å². The Hall–Kier alpha value is -2.47. The minimum atomic E-state index is -4.63. The Kier molecular flexibility index (Phi) is 7.27. The monoisotopic (exact) mass is 602 g/mol. The van der Waals surface area contributed by atoms with E-state index < -0.39 is 18.2 Å². The third-order valence-electron chi connectivity index (χ3n) is 5.57. The summed E-state index contributed by atoms with van der Waals surface area (Å²) in [6.07, 6.45) is -5.03. The predicted molar refractivity (Wildman–Crippen MR) is 133 cm³/mol. The SMILES string of the molecule is COc1ccc(CN(Cc2ccc(OC)cc2)C2=NOC(c3cc(I)cs3)(C(F)(F)F)C2)cc1. The molecule has 1 atom stereocenters. The molecule has 0 bridgehead atoms. The van der Waals surface area contributed by atoms with Gasteiger partial charge in [-0.1, -0.05) is 29.4 Å². The Bertz CT molecular complexity index is 1100. The molecule has 3 aromatic rings. The van der Waals surface area contributed by atoms with Crippen molar-refractivity contribution in [3.63, 3.8) is 0 Å². The molecular formula is C24H22F3IN2O3S. The zero-order chi connectivity index (χ0) is 24.3. The van der Waals surface area contributed by atoms with Crippen molar-refractivity contribution in [3.8, 4) is 11.5 Å². The summed E-state index contributed by atoms with van der Waals surface area (Å²) in [6.45, 7) is 0.711. The third-order valence-corrected chi connectivity index (χ3v) is 7.69. The van der Waals surface area contributed by atoms with E-state index >= 15 is 0 Å². The maximum absolute atomic E-state index is 14.3. The van der Waals surface area contributed by atoms with Crippen LogP contribution in [0.25, 0.3) is 0 Å². The number of thiophene rings is 1. The highest BCUT2D eigenvalue weighted by Crippen LogP contribution is 2.50. The van der Waals surface area contributed by atoms with Crippen molar-refractivity contribution in [2.45, 2.75) is 31.3 Å². The van der Waals surface area contributed by atoms with Crippen LogP contribution < -0.4 is 9.47 Å². The van der Waals surface area contributed by atoms with Crippen LogP contribution in [-0.4, -0.2) is 31.1 Å². The number of amidine groups is 1. The number of benzene rings is 2. The fourth-order valence-electron chi connectivity index (χ4n) is 3.68. The number of nitrogens with zero attached hydrogens (tertiary/aromatic N) is 2. The number of halogens is 4. The summed E-state index contributed by atoms with van der Waals surface area (Å²) in [7, 11) is 3.16. The summed E-state index contributed by atoms with van der Waals surface area (Å²) in [5, 5.41) is 5.66. The van der Waals surface area contributed by atoms with Crippen molar-refractivity contribution in [3.05, 3.63) is 79.6 Å². The van der Waals surface area contributed by atoms with Crippen molar-refractivity contribution in [2.24, 2.45) is 5.16 Å². The summed E-state index contributed by atoms with van der Waals surface area (Å²) in [5.74, 6) is 1.65. The molecule has 0 radical (unpaired) electrons. The third kappa shape index (κ3) is 5.12. The number of rotatable bonds is 7. The van der Waals surface area contributed by atoms with Gasteiger partial charge in [-0.3, -0.25) is 0 Å². The van der Waals surface area contributed by atoms with Crippen LogP contribution in [0.15, 0.2) is 65.1 Å². The molecule has 0 spiro atoms. The summed E-state index contributed by atoms with van der Waals surface area (Å²) in [6, 6.07) is 16.3. The van der Waals surface area contributed by atoms with Gasteiger partial charge in [-0.05, 0) is 64.0 Å². The first-order chi connectivity index (χ1) is 16.2. The molecule has 1 aliphatic rings. The van der Waals surface area contributed by atoms with Crippen LogP contribution in [0.1, 0.15) is 22.4 Å². The van der Waals surface area contributed by atoms with Gasteiger partial charge in [-0.2, -0.15) is 13.2 Å². The van der Waals surface area contributed by atoms with Crippen molar-refractivity contribution >= 4 is 39.8 Å². The highest BCUT2D eigenvalue weighted by molar-refractivity contribution is 14.1. The number of ether oxygens (including phenoxy) is 2. The molecule has 0 amide bonds. The quantitative estimate of drug-likeness (QED) is 0.288. The fraction of sp³-hybridized carbons (Fsp3) is 0.292. The first kappa shape index (κ1) is 24.6. The van der Waals surface area contributed by atoms with E-state index in [1.165, 1.54) is 6.07 Å². The average molecular weight is 602 g/mol. The largest absolute Gasteiger partial charge is 0.497 e. The van der Waals surface area contributed by atoms with Gasteiger partial charge >= 0.3 is 6.18 Å². The molecule has 0 aliphatic carbocycles. The maximum atomic E-state index is 14.3. The lowest BCUT2D eigenvalue weighted by atomic mass is 9.96. The van der Waals surface area contributed by atoms with Gasteiger partial charge in [0.2, 0.25) is 0 Å². The minimum Gasteiger partial charge on any atom is -0.497 e. The van der Waals surface area contributed by atoms with Crippen molar-refractivity contribution in [2.75, 3.05) is 14.2 Å². The lowest BCUT2D eigenvalue weighted by Crippen LogP contribution is -2.43. The molecule has 180 valence electrons. The van der Waals surface area contributed by atoms with E-state index in [0.717, 1.165) is 26.0 Å². The van der Waals surface area contributed by atoms with E-state index in [9.17, 15) is 13.2 Å². The van der Waals surface area contributed by atoms with E-state index in [1.807, 2.05) is 76.0 Å². The highest BCUT2D eigenvalue weighted by Gasteiger charge is 2.63. The molecule has 0 N–H and O–H groups in total. The smallest absolute Gasteiger partial charge is 0.436 e. The fourth-order valence-corrected chi connectivity index (χ4v) is 5.50. The first-order valence-electron chi connectivity index (χ1n) is 10.3. The summed E-state index contributed by atoms with van der Waals surface area (Å²) >= 11 is 3.03. The van der Waals surface area contributed by atoms with Crippen molar-refractivity contribution < 1.29 is 27.5 Å². The molecule has 1 aromatic heterocycles. The van der Waals surface area contributed by atoms with Gasteiger partial charge in [0.25, 0.3) is 5.60 Å². The average Bonchev–Trinajstić information content (AvgIpc) is 3.47. The van der Waals surface area contributed by atoms with Crippen molar-refractivity contribution in [1.82, 2.24) is 4.90 Å². The van der Waals surface area contributed by atoms with E-state index in [-0.39, 0.29) is 10.7 Å². The van der Waals surface area contributed by atoms with Gasteiger partial charge in [-0.25, -0.2) is 0 Å². The standard InChI is InChI=1S/C24H22F3IN2O3S/c1-31-19-7-3-16(4-8-19)13-30(14-17-5-9-20(32-2)10-6-17)22-12-23(33-29-22,24(25,26)27)21-11-18(28)15-34-21/h3-11,15H,12-14H2,1-2H3. The zero-order valence-corrected chi connectivity index (χ0v) is 21.4. The molecule has 2 aromatic carbocycles. The van der Waals surface area contributed by atoms with Crippen LogP contribution in [-0.2, 0) is 23.5 Å². The minimum absolute atomic E-state index is 0.0944. The molecular weight excluding hydrogens is 580 g/mol. The van der Waals surface area contributed by atoms with Gasteiger partial charge in [0.05, 0.1) is 25.5 Å². The van der Waals surface area contributed by atoms with Gasteiger partial charge in [0.15, 0.2) is 0 Å². The van der Waals surface area contributed by atoms with Gasteiger partial charge < -0.3 is 19.2 Å². The topological polar surface area (TPSA) is 43.3 Å². The molecule has 0 fully saturated rings. The molecule has 0 saturated carbocycles. The summed E-state index contributed by atoms with van der Waals surface area (Å²) < 4.78 is 54.1. The van der Waals surface area contributed by atoms with Crippen LogP contribution in [0.3, 0.4) is 0 Å². The Balaban J connectivity index is 1.64. The van der Waals surface area contributed by atoms with Crippen LogP contribution in [0.4, 0.5) is 13.2 Å². The van der Waals surface area contributed by atoms with Crippen LogP contribution in [0, 0.1) is 3.57 Å². The summed E-state index contributed by atoms with van der Waals surface area (Å²) in [4.78, 5) is 7.14. The lowest BCUT2D eigenvalue weighted by molar-refractivity contribution is -0.274. The molecule has 0 saturated heterocycles. The Morgan fingerprint density at radius 2 is 1.53 bits per heavy atom. The number of alkyl halides is 3. The normalized spacial score (nSPS) is 17.8. The lowest BCUT2D eigenvalue weighted by Gasteiger charge is -2.29. The Morgan fingerprint density at radius 3 is 1.94 bits per heavy atom. The van der Waals surface area contributed by atoms with Crippen LogP contribution in [0.2, 0.25) is 0 Å². The summed E-state index contributed by atoms with van der Waals surface area (Å²) in [5.41, 5.74) is -0.673. The maximum Gasteiger partial charge on any atom is 0.436 e. The van der Waals surface area contributed by atoms with Gasteiger partial charge in [0.1, 0.15) is 17.3 Å². The van der Waals surface area contributed by atoms with E-state index in [1.54, 1.807) is 19.6 Å². The molecule has 34 heavy (non-hydrogen) atoms. The Morgan fingerprint density at radius 1 is 1.00 bits per heavy atom. The number of hydrogen-bond donors (Lipinski definition) is 0.